The molecule has 0 radical (unpaired) electrons. The highest BCUT2D eigenvalue weighted by molar-refractivity contribution is 6.13. The van der Waals surface area contributed by atoms with Gasteiger partial charge in [0.15, 0.2) is 0 Å². The highest BCUT2D eigenvalue weighted by Crippen LogP contribution is 2.52. The summed E-state index contributed by atoms with van der Waals surface area (Å²) < 4.78 is 88.7. The van der Waals surface area contributed by atoms with Crippen molar-refractivity contribution >= 4 is 43.6 Å². The van der Waals surface area contributed by atoms with E-state index >= 15 is 22.0 Å². The van der Waals surface area contributed by atoms with Gasteiger partial charge in [0.25, 0.3) is 0 Å². The van der Waals surface area contributed by atoms with Crippen LogP contribution in [-0.2, 0) is 27.8 Å². The Morgan fingerprint density at radius 1 is 0.333 bits per heavy atom. The summed E-state index contributed by atoms with van der Waals surface area (Å²) in [5.74, 6) is -1.41. The molecule has 0 saturated carbocycles. The van der Waals surface area contributed by atoms with Crippen molar-refractivity contribution in [2.24, 2.45) is 0 Å². The molecule has 0 aliphatic carbocycles. The van der Waals surface area contributed by atoms with Crippen LogP contribution < -0.4 is 0 Å². The van der Waals surface area contributed by atoms with E-state index in [-0.39, 0.29) is 55.3 Å². The van der Waals surface area contributed by atoms with Crippen LogP contribution in [0.3, 0.4) is 0 Å². The van der Waals surface area contributed by atoms with Gasteiger partial charge in [0.05, 0.1) is 33.4 Å². The average Bonchev–Trinajstić information content (AvgIpc) is 3.73. The molecule has 2 aromatic heterocycles. The Bertz CT molecular complexity index is 3040. The van der Waals surface area contributed by atoms with Gasteiger partial charge in [0.1, 0.15) is 17.2 Å². The molecule has 0 unspecified atom stereocenters. The van der Waals surface area contributed by atoms with Crippen LogP contribution >= 0.6 is 0 Å². The Kier molecular flexibility index (Phi) is 10.3. The van der Waals surface area contributed by atoms with Crippen molar-refractivity contribution < 1.29 is 22.0 Å². The fourth-order valence-electron chi connectivity index (χ4n) is 9.56. The molecule has 9 rings (SSSR count). The molecule has 0 atom stereocenters. The van der Waals surface area contributed by atoms with Crippen LogP contribution in [0.5, 0.6) is 0 Å². The SMILES string of the molecule is CC(C)(C)c1ccc2c(c1)c1cc(C(C)(C)C)ccc1n2-c1c(-c2ccccc2F)cc(-c2ccccc2F)c(-n2c3ccc(C(C)(C)C)cc3c3cc(C(C)(C)C)ccc32)c1C(F)(F)F. The number of hydrogen-bond acceptors (Lipinski definition) is 0. The Hall–Kier alpha value is -6.21. The second kappa shape index (κ2) is 15.2. The molecule has 7 aromatic carbocycles. The third-order valence-electron chi connectivity index (χ3n) is 13.3. The Morgan fingerprint density at radius 2 is 0.606 bits per heavy atom. The van der Waals surface area contributed by atoms with Crippen molar-refractivity contribution in [1.29, 1.82) is 0 Å². The molecule has 0 spiro atoms. The predicted molar refractivity (Wildman–Crippen MR) is 266 cm³/mol. The zero-order valence-electron chi connectivity index (χ0n) is 39.9. The van der Waals surface area contributed by atoms with Crippen molar-refractivity contribution in [3.05, 3.63) is 167 Å². The van der Waals surface area contributed by atoms with E-state index in [1.165, 1.54) is 36.4 Å². The van der Waals surface area contributed by atoms with Crippen molar-refractivity contribution in [2.45, 2.75) is 111 Å². The van der Waals surface area contributed by atoms with Gasteiger partial charge < -0.3 is 9.13 Å². The molecule has 0 aliphatic heterocycles. The van der Waals surface area contributed by atoms with E-state index in [1.54, 1.807) is 27.3 Å². The summed E-state index contributed by atoms with van der Waals surface area (Å²) in [6, 6.07) is 37.2. The third-order valence-corrected chi connectivity index (χ3v) is 13.3. The van der Waals surface area contributed by atoms with Gasteiger partial charge in [-0.15, -0.1) is 0 Å². The number of halogens is 5. The van der Waals surface area contributed by atoms with Crippen LogP contribution in [0.15, 0.2) is 127 Å². The van der Waals surface area contributed by atoms with Gasteiger partial charge in [0.2, 0.25) is 0 Å². The van der Waals surface area contributed by atoms with Gasteiger partial charge in [0, 0.05) is 43.8 Å². The minimum Gasteiger partial charge on any atom is -0.308 e. The summed E-state index contributed by atoms with van der Waals surface area (Å²) in [4.78, 5) is 0. The van der Waals surface area contributed by atoms with Crippen LogP contribution in [0.1, 0.15) is 111 Å². The van der Waals surface area contributed by atoms with Crippen molar-refractivity contribution in [1.82, 2.24) is 9.13 Å². The fourth-order valence-corrected chi connectivity index (χ4v) is 9.56. The third kappa shape index (κ3) is 7.49. The maximum Gasteiger partial charge on any atom is 0.420 e. The van der Waals surface area contributed by atoms with Crippen molar-refractivity contribution in [3.63, 3.8) is 0 Å². The van der Waals surface area contributed by atoms with Crippen LogP contribution in [0, 0.1) is 11.6 Å². The van der Waals surface area contributed by atoms with E-state index in [9.17, 15) is 0 Å². The Morgan fingerprint density at radius 3 is 0.848 bits per heavy atom. The molecular formula is C59H57F5N2. The minimum absolute atomic E-state index is 0.0215. The molecule has 0 N–H and O–H groups in total. The number of nitrogens with zero attached hydrogens (tertiary/aromatic N) is 2. The molecule has 66 heavy (non-hydrogen) atoms. The van der Waals surface area contributed by atoms with Gasteiger partial charge in [-0.25, -0.2) is 8.78 Å². The molecule has 0 bridgehead atoms. The van der Waals surface area contributed by atoms with E-state index in [1.807, 2.05) is 48.5 Å². The molecule has 0 aliphatic rings. The van der Waals surface area contributed by atoms with Crippen LogP contribution in [0.2, 0.25) is 0 Å². The highest BCUT2D eigenvalue weighted by Gasteiger charge is 2.43. The summed E-state index contributed by atoms with van der Waals surface area (Å²) >= 11 is 0. The zero-order chi connectivity index (χ0) is 47.6. The quantitative estimate of drug-likeness (QED) is 0.156. The number of alkyl halides is 3. The lowest BCUT2D eigenvalue weighted by atomic mass is 9.85. The van der Waals surface area contributed by atoms with Crippen LogP contribution in [0.25, 0.3) is 77.2 Å². The maximum absolute atomic E-state index is 17.4. The van der Waals surface area contributed by atoms with E-state index in [2.05, 4.69) is 107 Å². The number of hydrogen-bond donors (Lipinski definition) is 0. The Balaban J connectivity index is 1.59. The van der Waals surface area contributed by atoms with E-state index < -0.39 is 23.4 Å². The molecule has 0 fully saturated rings. The molecule has 2 heterocycles. The number of aromatic nitrogens is 2. The molecular weight excluding hydrogens is 832 g/mol. The predicted octanol–water partition coefficient (Wildman–Crippen LogP) is 17.7. The first-order chi connectivity index (χ1) is 30.7. The lowest BCUT2D eigenvalue weighted by Crippen LogP contribution is -2.18. The standard InChI is InChI=1S/C59H57F5N2/c1-55(2,3)34-21-25-48-40(29-34)41-30-35(56(4,5)6)22-26-49(41)65(48)53-44(38-17-13-15-19-46(38)60)33-45(39-18-14-16-20-47(39)61)54(52(53)59(62,63)64)66-50-27-23-36(57(7,8)9)31-42(50)43-32-37(58(10,11)12)24-28-51(43)66/h13-33H,1-12H3. The van der Waals surface area contributed by atoms with Crippen LogP contribution in [-0.4, -0.2) is 9.13 Å². The van der Waals surface area contributed by atoms with Crippen molar-refractivity contribution in [2.75, 3.05) is 0 Å². The first kappa shape index (κ1) is 45.0. The first-order valence-corrected chi connectivity index (χ1v) is 22.7. The second-order valence-corrected chi connectivity index (χ2v) is 22.1. The van der Waals surface area contributed by atoms with E-state index in [0.29, 0.717) is 22.1 Å². The fraction of sp³-hybridized carbons (Fsp3) is 0.288. The normalized spacial score (nSPS) is 13.2. The lowest BCUT2D eigenvalue weighted by Gasteiger charge is -2.28. The average molecular weight is 889 g/mol. The van der Waals surface area contributed by atoms with Gasteiger partial charge >= 0.3 is 6.18 Å². The monoisotopic (exact) mass is 888 g/mol. The molecule has 338 valence electrons. The van der Waals surface area contributed by atoms with Crippen LogP contribution in [0.4, 0.5) is 22.0 Å². The summed E-state index contributed by atoms with van der Waals surface area (Å²) in [6.45, 7) is 25.3. The number of benzene rings is 7. The van der Waals surface area contributed by atoms with Crippen molar-refractivity contribution in [3.8, 4) is 33.6 Å². The number of fused-ring (bicyclic) bond motifs is 6. The maximum atomic E-state index is 17.4. The molecule has 0 saturated heterocycles. The summed E-state index contributed by atoms with van der Waals surface area (Å²) in [5, 5.41) is 3.10. The van der Waals surface area contributed by atoms with Gasteiger partial charge in [-0.1, -0.05) is 144 Å². The molecule has 0 amide bonds. The second-order valence-electron chi connectivity index (χ2n) is 22.1. The first-order valence-electron chi connectivity index (χ1n) is 22.7. The van der Waals surface area contributed by atoms with Gasteiger partial charge in [-0.2, -0.15) is 13.2 Å². The van der Waals surface area contributed by atoms with E-state index in [4.69, 9.17) is 0 Å². The summed E-state index contributed by atoms with van der Waals surface area (Å²) in [5.41, 5.74) is 3.47. The topological polar surface area (TPSA) is 9.86 Å². The molecule has 2 nitrogen and oxygen atoms in total. The van der Waals surface area contributed by atoms with Gasteiger partial charge in [-0.05, 0) is 111 Å². The largest absolute Gasteiger partial charge is 0.420 e. The van der Waals surface area contributed by atoms with Gasteiger partial charge in [-0.3, -0.25) is 0 Å². The smallest absolute Gasteiger partial charge is 0.308 e. The summed E-state index contributed by atoms with van der Waals surface area (Å²) in [7, 11) is 0. The highest BCUT2D eigenvalue weighted by atomic mass is 19.4. The lowest BCUT2D eigenvalue weighted by molar-refractivity contribution is -0.137. The number of rotatable bonds is 4. The Labute approximate surface area is 384 Å². The zero-order valence-corrected chi connectivity index (χ0v) is 39.9. The summed E-state index contributed by atoms with van der Waals surface area (Å²) in [6.07, 6.45) is -5.08. The minimum atomic E-state index is -5.08. The molecule has 9 aromatic rings. The molecule has 7 heteroatoms. The van der Waals surface area contributed by atoms with E-state index in [0.717, 1.165) is 43.8 Å².